The van der Waals surface area contributed by atoms with Crippen LogP contribution in [0, 0.1) is 0 Å². The highest BCUT2D eigenvalue weighted by Crippen LogP contribution is 2.29. The summed E-state index contributed by atoms with van der Waals surface area (Å²) in [6, 6.07) is 19.6. The van der Waals surface area contributed by atoms with Gasteiger partial charge in [-0.1, -0.05) is 36.9 Å². The Morgan fingerprint density at radius 1 is 0.913 bits per heavy atom. The number of fused-ring (bicyclic) bond motifs is 1. The van der Waals surface area contributed by atoms with Crippen molar-refractivity contribution in [1.82, 2.24) is 0 Å². The number of carbonyl (C=O) groups is 1. The SMILES string of the molecule is C=CC(=O)Oc1ccc2cc(-c3cccc(OC)c3)ccc2c1. The lowest BCUT2D eigenvalue weighted by Crippen LogP contribution is -2.02. The lowest BCUT2D eigenvalue weighted by Gasteiger charge is -2.08. The van der Waals surface area contributed by atoms with Crippen molar-refractivity contribution in [2.45, 2.75) is 0 Å². The quantitative estimate of drug-likeness (QED) is 0.401. The zero-order valence-electron chi connectivity index (χ0n) is 12.8. The van der Waals surface area contributed by atoms with Crippen LogP contribution in [-0.4, -0.2) is 13.1 Å². The van der Waals surface area contributed by atoms with Crippen molar-refractivity contribution >= 4 is 16.7 Å². The molecule has 0 fully saturated rings. The number of carbonyl (C=O) groups excluding carboxylic acids is 1. The van der Waals surface area contributed by atoms with Crippen LogP contribution in [0.3, 0.4) is 0 Å². The Hall–Kier alpha value is -3.07. The summed E-state index contributed by atoms with van der Waals surface area (Å²) in [5.74, 6) is 0.878. The summed E-state index contributed by atoms with van der Waals surface area (Å²) in [6.07, 6.45) is 1.15. The third-order valence-corrected chi connectivity index (χ3v) is 3.60. The molecule has 0 saturated heterocycles. The summed E-state index contributed by atoms with van der Waals surface area (Å²) in [4.78, 5) is 11.3. The first-order valence-electron chi connectivity index (χ1n) is 7.22. The van der Waals surface area contributed by atoms with Gasteiger partial charge in [-0.05, 0) is 52.2 Å². The van der Waals surface area contributed by atoms with Crippen molar-refractivity contribution in [2.24, 2.45) is 0 Å². The minimum absolute atomic E-state index is 0.461. The van der Waals surface area contributed by atoms with E-state index in [2.05, 4.69) is 12.6 Å². The Morgan fingerprint density at radius 2 is 1.65 bits per heavy atom. The fourth-order valence-corrected chi connectivity index (χ4v) is 2.43. The molecule has 3 heteroatoms. The van der Waals surface area contributed by atoms with Gasteiger partial charge in [0.25, 0.3) is 0 Å². The molecule has 3 aromatic carbocycles. The van der Waals surface area contributed by atoms with E-state index in [9.17, 15) is 4.79 Å². The molecule has 0 N–H and O–H groups in total. The summed E-state index contributed by atoms with van der Waals surface area (Å²) in [5.41, 5.74) is 2.20. The fourth-order valence-electron chi connectivity index (χ4n) is 2.43. The summed E-state index contributed by atoms with van der Waals surface area (Å²) in [7, 11) is 1.66. The highest BCUT2D eigenvalue weighted by Gasteiger charge is 2.04. The molecule has 0 aliphatic heterocycles. The average Bonchev–Trinajstić information content (AvgIpc) is 2.61. The first-order chi connectivity index (χ1) is 11.2. The lowest BCUT2D eigenvalue weighted by atomic mass is 10.0. The molecule has 0 aromatic heterocycles. The molecular weight excluding hydrogens is 288 g/mol. The molecular formula is C20H16O3. The second-order valence-corrected chi connectivity index (χ2v) is 5.08. The van der Waals surface area contributed by atoms with Gasteiger partial charge in [0, 0.05) is 6.08 Å². The monoisotopic (exact) mass is 304 g/mol. The van der Waals surface area contributed by atoms with E-state index in [1.165, 1.54) is 0 Å². The standard InChI is InChI=1S/C20H16O3/c1-3-20(21)23-19-10-9-16-11-15(7-8-17(16)13-19)14-5-4-6-18(12-14)22-2/h3-13H,1H2,2H3. The van der Waals surface area contributed by atoms with Crippen molar-refractivity contribution in [3.05, 3.63) is 73.3 Å². The molecule has 0 aliphatic carbocycles. The zero-order valence-corrected chi connectivity index (χ0v) is 12.8. The number of rotatable bonds is 4. The molecule has 0 aliphatic rings. The van der Waals surface area contributed by atoms with E-state index in [0.29, 0.717) is 5.75 Å². The van der Waals surface area contributed by atoms with Gasteiger partial charge in [0.1, 0.15) is 11.5 Å². The lowest BCUT2D eigenvalue weighted by molar-refractivity contribution is -0.128. The molecule has 3 nitrogen and oxygen atoms in total. The number of esters is 1. The van der Waals surface area contributed by atoms with Gasteiger partial charge in [-0.3, -0.25) is 0 Å². The van der Waals surface area contributed by atoms with Crippen LogP contribution in [0.4, 0.5) is 0 Å². The van der Waals surface area contributed by atoms with Crippen molar-refractivity contribution in [3.8, 4) is 22.6 Å². The van der Waals surface area contributed by atoms with Crippen LogP contribution in [0.1, 0.15) is 0 Å². The van der Waals surface area contributed by atoms with Gasteiger partial charge in [0.15, 0.2) is 0 Å². The molecule has 0 radical (unpaired) electrons. The number of benzene rings is 3. The van der Waals surface area contributed by atoms with Gasteiger partial charge < -0.3 is 9.47 Å². The third kappa shape index (κ3) is 3.24. The van der Waals surface area contributed by atoms with E-state index >= 15 is 0 Å². The van der Waals surface area contributed by atoms with E-state index in [0.717, 1.165) is 33.7 Å². The maximum Gasteiger partial charge on any atom is 0.335 e. The van der Waals surface area contributed by atoms with Crippen LogP contribution < -0.4 is 9.47 Å². The smallest absolute Gasteiger partial charge is 0.335 e. The second kappa shape index (κ2) is 6.36. The van der Waals surface area contributed by atoms with Crippen LogP contribution >= 0.6 is 0 Å². The predicted octanol–water partition coefficient (Wildman–Crippen LogP) is 4.61. The summed E-state index contributed by atoms with van der Waals surface area (Å²) in [5, 5.41) is 2.08. The average molecular weight is 304 g/mol. The van der Waals surface area contributed by atoms with Gasteiger partial charge in [-0.25, -0.2) is 4.79 Å². The maximum atomic E-state index is 11.3. The van der Waals surface area contributed by atoms with Crippen molar-refractivity contribution < 1.29 is 14.3 Å². The summed E-state index contributed by atoms with van der Waals surface area (Å²) < 4.78 is 10.4. The highest BCUT2D eigenvalue weighted by molar-refractivity contribution is 5.90. The van der Waals surface area contributed by atoms with Gasteiger partial charge >= 0.3 is 5.97 Å². The van der Waals surface area contributed by atoms with Crippen LogP contribution in [0.5, 0.6) is 11.5 Å². The number of methoxy groups -OCH3 is 1. The van der Waals surface area contributed by atoms with Crippen molar-refractivity contribution in [3.63, 3.8) is 0 Å². The predicted molar refractivity (Wildman–Crippen MR) is 91.8 cm³/mol. The maximum absolute atomic E-state index is 11.3. The Morgan fingerprint density at radius 3 is 2.43 bits per heavy atom. The van der Waals surface area contributed by atoms with Crippen LogP contribution in [-0.2, 0) is 4.79 Å². The Labute approximate surface area is 134 Å². The Bertz CT molecular complexity index is 881. The largest absolute Gasteiger partial charge is 0.497 e. The topological polar surface area (TPSA) is 35.5 Å². The molecule has 0 saturated carbocycles. The molecule has 3 aromatic rings. The van der Waals surface area contributed by atoms with Crippen LogP contribution in [0.25, 0.3) is 21.9 Å². The summed E-state index contributed by atoms with van der Waals surface area (Å²) >= 11 is 0. The van der Waals surface area contributed by atoms with E-state index in [4.69, 9.17) is 9.47 Å². The van der Waals surface area contributed by atoms with Crippen LogP contribution in [0.2, 0.25) is 0 Å². The molecule has 0 unspecified atom stereocenters. The molecule has 114 valence electrons. The number of hydrogen-bond donors (Lipinski definition) is 0. The Balaban J connectivity index is 1.97. The van der Waals surface area contributed by atoms with Gasteiger partial charge in [-0.15, -0.1) is 0 Å². The molecule has 23 heavy (non-hydrogen) atoms. The Kier molecular flexibility index (Phi) is 4.11. The highest BCUT2D eigenvalue weighted by atomic mass is 16.5. The van der Waals surface area contributed by atoms with Crippen molar-refractivity contribution in [1.29, 1.82) is 0 Å². The molecule has 0 bridgehead atoms. The molecule has 0 heterocycles. The zero-order chi connectivity index (χ0) is 16.2. The van der Waals surface area contributed by atoms with Gasteiger partial charge in [-0.2, -0.15) is 0 Å². The molecule has 0 amide bonds. The van der Waals surface area contributed by atoms with Gasteiger partial charge in [0.05, 0.1) is 7.11 Å². The van der Waals surface area contributed by atoms with Gasteiger partial charge in [0.2, 0.25) is 0 Å². The number of hydrogen-bond acceptors (Lipinski definition) is 3. The number of ether oxygens (including phenoxy) is 2. The van der Waals surface area contributed by atoms with E-state index in [-0.39, 0.29) is 0 Å². The van der Waals surface area contributed by atoms with Crippen molar-refractivity contribution in [2.75, 3.05) is 7.11 Å². The minimum atomic E-state index is -0.461. The van der Waals surface area contributed by atoms with Crippen LogP contribution in [0.15, 0.2) is 73.3 Å². The third-order valence-electron chi connectivity index (χ3n) is 3.60. The normalized spacial score (nSPS) is 10.3. The second-order valence-electron chi connectivity index (χ2n) is 5.08. The fraction of sp³-hybridized carbons (Fsp3) is 0.0500. The molecule has 0 atom stereocenters. The van der Waals surface area contributed by atoms with E-state index in [1.54, 1.807) is 13.2 Å². The minimum Gasteiger partial charge on any atom is -0.497 e. The molecule has 0 spiro atoms. The summed E-state index contributed by atoms with van der Waals surface area (Å²) in [6.45, 7) is 3.39. The first kappa shape index (κ1) is 14.9. The first-order valence-corrected chi connectivity index (χ1v) is 7.22. The molecule has 3 rings (SSSR count). The van der Waals surface area contributed by atoms with E-state index < -0.39 is 5.97 Å². The van der Waals surface area contributed by atoms with E-state index in [1.807, 2.05) is 48.5 Å².